The number of anilines is 2. The van der Waals surface area contributed by atoms with Crippen molar-refractivity contribution in [3.05, 3.63) is 66.7 Å². The number of allylic oxidation sites excluding steroid dienone is 5. The van der Waals surface area contributed by atoms with E-state index in [0.717, 1.165) is 28.2 Å². The lowest BCUT2D eigenvalue weighted by Crippen LogP contribution is -2.02. The van der Waals surface area contributed by atoms with Crippen molar-refractivity contribution in [3.63, 3.8) is 0 Å². The second-order valence-electron chi connectivity index (χ2n) is 5.44. The van der Waals surface area contributed by atoms with Gasteiger partial charge in [0.15, 0.2) is 17.3 Å². The Morgan fingerprint density at radius 1 is 1.42 bits per heavy atom. The van der Waals surface area contributed by atoms with E-state index in [-0.39, 0.29) is 0 Å². The largest absolute Gasteiger partial charge is 0.327 e. The molecule has 122 valence electrons. The molecule has 0 aliphatic carbocycles. The van der Waals surface area contributed by atoms with E-state index in [9.17, 15) is 0 Å². The van der Waals surface area contributed by atoms with Gasteiger partial charge in [0.25, 0.3) is 0 Å². The summed E-state index contributed by atoms with van der Waals surface area (Å²) in [6.07, 6.45) is 11.6. The monoisotopic (exact) mass is 320 g/mol. The van der Waals surface area contributed by atoms with E-state index >= 15 is 0 Å². The molecule has 0 spiro atoms. The Labute approximate surface area is 140 Å². The van der Waals surface area contributed by atoms with Gasteiger partial charge in [0.05, 0.1) is 6.20 Å². The molecule has 0 fully saturated rings. The maximum atomic E-state index is 4.66. The zero-order chi connectivity index (χ0) is 16.9. The van der Waals surface area contributed by atoms with Gasteiger partial charge in [0.2, 0.25) is 0 Å². The first kappa shape index (κ1) is 15.7. The minimum absolute atomic E-state index is 0.659. The third-order valence-electron chi connectivity index (χ3n) is 3.55. The molecule has 0 aliphatic heterocycles. The van der Waals surface area contributed by atoms with Crippen LogP contribution in [0.15, 0.2) is 61.0 Å². The average Bonchev–Trinajstić information content (AvgIpc) is 3.17. The first-order valence-electron chi connectivity index (χ1n) is 7.75. The topological polar surface area (TPSA) is 71.4 Å². The Morgan fingerprint density at radius 2 is 2.29 bits per heavy atom. The van der Waals surface area contributed by atoms with Gasteiger partial charge in [0, 0.05) is 24.5 Å². The summed E-state index contributed by atoms with van der Waals surface area (Å²) in [6.45, 7) is 8.51. The molecule has 3 rings (SSSR count). The van der Waals surface area contributed by atoms with E-state index in [1.165, 1.54) is 0 Å². The lowest BCUT2D eigenvalue weighted by Gasteiger charge is -2.07. The predicted molar refractivity (Wildman–Crippen MR) is 97.2 cm³/mol. The molecular formula is C18H20N6. The summed E-state index contributed by atoms with van der Waals surface area (Å²) in [5, 5.41) is 10.2. The van der Waals surface area contributed by atoms with Gasteiger partial charge in [-0.25, -0.2) is 9.97 Å². The van der Waals surface area contributed by atoms with E-state index < -0.39 is 0 Å². The highest BCUT2D eigenvalue weighted by Gasteiger charge is 2.07. The van der Waals surface area contributed by atoms with Crippen molar-refractivity contribution in [2.75, 3.05) is 5.32 Å². The number of aromatic nitrogens is 5. The molecule has 0 atom stereocenters. The molecule has 2 N–H and O–H groups in total. The van der Waals surface area contributed by atoms with Gasteiger partial charge in [0.1, 0.15) is 5.52 Å². The first-order valence-corrected chi connectivity index (χ1v) is 7.75. The molecule has 6 heteroatoms. The molecule has 3 aromatic heterocycles. The number of hydrogen-bond donors (Lipinski definition) is 2. The molecule has 0 aliphatic rings. The lowest BCUT2D eigenvalue weighted by atomic mass is 10.2. The average molecular weight is 320 g/mol. The molecule has 3 heterocycles. The van der Waals surface area contributed by atoms with Crippen LogP contribution in [0, 0.1) is 6.92 Å². The zero-order valence-electron chi connectivity index (χ0n) is 13.8. The van der Waals surface area contributed by atoms with E-state index in [0.29, 0.717) is 12.4 Å². The number of rotatable bonds is 6. The SMILES string of the molecule is C=C/C(=C\C=C/C)Cn1ccc2ncc(Nc3cc(C)[nH]n3)nc21. The first-order chi connectivity index (χ1) is 11.7. The van der Waals surface area contributed by atoms with Gasteiger partial charge < -0.3 is 9.88 Å². The number of fused-ring (bicyclic) bond motifs is 1. The lowest BCUT2D eigenvalue weighted by molar-refractivity contribution is 0.824. The van der Waals surface area contributed by atoms with E-state index in [2.05, 4.69) is 36.6 Å². The molecule has 0 aromatic carbocycles. The van der Waals surface area contributed by atoms with Crippen molar-refractivity contribution in [1.82, 2.24) is 24.7 Å². The van der Waals surface area contributed by atoms with Gasteiger partial charge in [-0.15, -0.1) is 0 Å². The fraction of sp³-hybridized carbons (Fsp3) is 0.167. The van der Waals surface area contributed by atoms with E-state index in [1.807, 2.05) is 56.5 Å². The summed E-state index contributed by atoms with van der Waals surface area (Å²) in [5.74, 6) is 1.38. The molecule has 0 saturated carbocycles. The van der Waals surface area contributed by atoms with Crippen molar-refractivity contribution in [1.29, 1.82) is 0 Å². The van der Waals surface area contributed by atoms with Crippen LogP contribution in [0.1, 0.15) is 12.6 Å². The van der Waals surface area contributed by atoms with Crippen molar-refractivity contribution < 1.29 is 0 Å². The number of nitrogens with zero attached hydrogens (tertiary/aromatic N) is 4. The van der Waals surface area contributed by atoms with Crippen LogP contribution >= 0.6 is 0 Å². The molecule has 0 bridgehead atoms. The highest BCUT2D eigenvalue weighted by molar-refractivity contribution is 5.73. The smallest absolute Gasteiger partial charge is 0.161 e. The number of H-pyrrole nitrogens is 1. The summed E-state index contributed by atoms with van der Waals surface area (Å²) in [4.78, 5) is 9.12. The third-order valence-corrected chi connectivity index (χ3v) is 3.55. The molecule has 0 amide bonds. The maximum Gasteiger partial charge on any atom is 0.161 e. The Morgan fingerprint density at radius 3 is 3.00 bits per heavy atom. The minimum atomic E-state index is 0.659. The fourth-order valence-corrected chi connectivity index (χ4v) is 2.35. The molecule has 3 aromatic rings. The minimum Gasteiger partial charge on any atom is -0.327 e. The van der Waals surface area contributed by atoms with Crippen LogP contribution in [-0.2, 0) is 6.54 Å². The zero-order valence-corrected chi connectivity index (χ0v) is 13.8. The number of aryl methyl sites for hydroxylation is 1. The summed E-state index contributed by atoms with van der Waals surface area (Å²) in [7, 11) is 0. The number of nitrogens with one attached hydrogen (secondary N) is 2. The van der Waals surface area contributed by atoms with Crippen molar-refractivity contribution >= 4 is 22.8 Å². The van der Waals surface area contributed by atoms with E-state index in [1.54, 1.807) is 6.20 Å². The second-order valence-corrected chi connectivity index (χ2v) is 5.44. The van der Waals surface area contributed by atoms with Crippen LogP contribution in [0.4, 0.5) is 11.6 Å². The molecule has 0 unspecified atom stereocenters. The summed E-state index contributed by atoms with van der Waals surface area (Å²) < 4.78 is 2.06. The van der Waals surface area contributed by atoms with Crippen molar-refractivity contribution in [2.45, 2.75) is 20.4 Å². The quantitative estimate of drug-likeness (QED) is 0.676. The van der Waals surface area contributed by atoms with Crippen LogP contribution in [0.3, 0.4) is 0 Å². The van der Waals surface area contributed by atoms with Crippen LogP contribution in [-0.4, -0.2) is 24.7 Å². The highest BCUT2D eigenvalue weighted by atomic mass is 15.2. The fourth-order valence-electron chi connectivity index (χ4n) is 2.35. The summed E-state index contributed by atoms with van der Waals surface area (Å²) >= 11 is 0. The van der Waals surface area contributed by atoms with Gasteiger partial charge in [-0.2, -0.15) is 5.10 Å². The molecule has 6 nitrogen and oxygen atoms in total. The van der Waals surface area contributed by atoms with Crippen molar-refractivity contribution in [3.8, 4) is 0 Å². The van der Waals surface area contributed by atoms with Gasteiger partial charge in [-0.1, -0.05) is 30.9 Å². The van der Waals surface area contributed by atoms with Crippen LogP contribution in [0.5, 0.6) is 0 Å². The van der Waals surface area contributed by atoms with Crippen LogP contribution in [0.2, 0.25) is 0 Å². The standard InChI is InChI=1S/C18H20N6/c1-4-6-7-14(5-2)12-24-9-8-15-18(24)21-17(11-19-15)20-16-10-13(3)22-23-16/h4-11H,2,12H2,1,3H3,(H2,20,21,22,23)/b6-4-,14-7+. The Bertz CT molecular complexity index is 913. The Kier molecular flexibility index (Phi) is 4.56. The maximum absolute atomic E-state index is 4.66. The molecular weight excluding hydrogens is 300 g/mol. The van der Waals surface area contributed by atoms with Gasteiger partial charge >= 0.3 is 0 Å². The molecule has 24 heavy (non-hydrogen) atoms. The van der Waals surface area contributed by atoms with Crippen LogP contribution in [0.25, 0.3) is 11.2 Å². The predicted octanol–water partition coefficient (Wildman–Crippen LogP) is 3.89. The summed E-state index contributed by atoms with van der Waals surface area (Å²) in [6, 6.07) is 3.88. The Balaban J connectivity index is 1.89. The van der Waals surface area contributed by atoms with Gasteiger partial charge in [-0.3, -0.25) is 5.10 Å². The normalized spacial score (nSPS) is 12.2. The highest BCUT2D eigenvalue weighted by Crippen LogP contribution is 2.18. The van der Waals surface area contributed by atoms with Crippen LogP contribution < -0.4 is 5.32 Å². The van der Waals surface area contributed by atoms with Gasteiger partial charge in [-0.05, 0) is 25.5 Å². The number of hydrogen-bond acceptors (Lipinski definition) is 4. The summed E-state index contributed by atoms with van der Waals surface area (Å²) in [5.41, 5.74) is 3.77. The Hall–Kier alpha value is -3.15. The van der Waals surface area contributed by atoms with E-state index in [4.69, 9.17) is 0 Å². The third kappa shape index (κ3) is 3.43. The molecule has 0 saturated heterocycles. The van der Waals surface area contributed by atoms with Crippen molar-refractivity contribution in [2.24, 2.45) is 0 Å². The number of aromatic amines is 1. The second kappa shape index (κ2) is 6.95. The molecule has 0 radical (unpaired) electrons.